The second-order valence-electron chi connectivity index (χ2n) is 9.97. The molecule has 10 nitrogen and oxygen atoms in total. The number of fused-ring (bicyclic) bond motifs is 1. The minimum absolute atomic E-state index is 0.300. The second kappa shape index (κ2) is 9.21. The van der Waals surface area contributed by atoms with Gasteiger partial charge in [0.25, 0.3) is 0 Å². The number of nitriles is 1. The molecule has 11 heteroatoms. The molecular weight excluding hydrogens is 475 g/mol. The summed E-state index contributed by atoms with van der Waals surface area (Å²) in [5, 5.41) is 37.1. The van der Waals surface area contributed by atoms with Gasteiger partial charge in [0.15, 0.2) is 6.10 Å². The first-order valence-corrected chi connectivity index (χ1v) is 12.5. The van der Waals surface area contributed by atoms with E-state index in [1.54, 1.807) is 22.8 Å². The summed E-state index contributed by atoms with van der Waals surface area (Å²) in [5.74, 6) is -0.133. The van der Waals surface area contributed by atoms with Crippen molar-refractivity contribution >= 4 is 5.52 Å². The SMILES string of the molecule is Cc1c(-c2nn3cccc(OC(CO)c4ccc(F)cn4)c3c2C#N)nnn1C1CC2(CCNCC2)C1. The molecule has 1 saturated heterocycles. The topological polar surface area (TPSA) is 126 Å². The average molecular weight is 503 g/mol. The number of nitrogens with zero attached hydrogens (tertiary/aromatic N) is 7. The number of aromatic nitrogens is 6. The number of aliphatic hydroxyl groups is 1. The smallest absolute Gasteiger partial charge is 0.163 e. The van der Waals surface area contributed by atoms with Gasteiger partial charge < -0.3 is 15.2 Å². The van der Waals surface area contributed by atoms with Gasteiger partial charge in [-0.3, -0.25) is 4.98 Å². The van der Waals surface area contributed by atoms with E-state index in [1.807, 2.05) is 11.6 Å². The van der Waals surface area contributed by atoms with Crippen molar-refractivity contribution in [1.29, 1.82) is 5.26 Å². The molecule has 0 bridgehead atoms. The van der Waals surface area contributed by atoms with Gasteiger partial charge in [0.1, 0.15) is 40.1 Å². The van der Waals surface area contributed by atoms with Crippen LogP contribution in [0, 0.1) is 29.5 Å². The van der Waals surface area contributed by atoms with E-state index >= 15 is 0 Å². The Kier molecular flexibility index (Phi) is 5.85. The summed E-state index contributed by atoms with van der Waals surface area (Å²) in [6.07, 6.45) is 6.52. The van der Waals surface area contributed by atoms with E-state index in [9.17, 15) is 14.8 Å². The molecule has 4 aromatic heterocycles. The zero-order valence-corrected chi connectivity index (χ0v) is 20.4. The van der Waals surface area contributed by atoms with Crippen molar-refractivity contribution in [3.63, 3.8) is 0 Å². The van der Waals surface area contributed by atoms with Crippen molar-refractivity contribution in [2.75, 3.05) is 19.7 Å². The largest absolute Gasteiger partial charge is 0.479 e. The lowest BCUT2D eigenvalue weighted by molar-refractivity contribution is 0.0212. The first kappa shape index (κ1) is 23.5. The van der Waals surface area contributed by atoms with Crippen LogP contribution in [0.4, 0.5) is 4.39 Å². The van der Waals surface area contributed by atoms with Crippen LogP contribution in [0.2, 0.25) is 0 Å². The molecule has 1 aliphatic carbocycles. The standard InChI is InChI=1S/C26H27FN8O2/c1-16-23(31-33-35(16)18-11-26(12-18)6-8-29-9-7-26)24-19(13-28)25-21(3-2-10-34(25)32-24)37-22(15-36)20-5-4-17(27)14-30-20/h2-5,10,14,18,22,29,36H,6-9,11-12,15H2,1H3. The molecule has 6 rings (SSSR count). The van der Waals surface area contributed by atoms with E-state index in [2.05, 4.69) is 31.8 Å². The van der Waals surface area contributed by atoms with Crippen molar-refractivity contribution < 1.29 is 14.2 Å². The third kappa shape index (κ3) is 4.02. The summed E-state index contributed by atoms with van der Waals surface area (Å²) in [6, 6.07) is 8.72. The number of nitrogens with one attached hydrogen (secondary N) is 1. The van der Waals surface area contributed by atoms with E-state index in [0.29, 0.717) is 45.4 Å². The van der Waals surface area contributed by atoms with Crippen LogP contribution in [-0.4, -0.2) is 54.4 Å². The monoisotopic (exact) mass is 502 g/mol. The van der Waals surface area contributed by atoms with Crippen LogP contribution < -0.4 is 10.1 Å². The summed E-state index contributed by atoms with van der Waals surface area (Å²) < 4.78 is 22.9. The summed E-state index contributed by atoms with van der Waals surface area (Å²) in [7, 11) is 0. The van der Waals surface area contributed by atoms with Gasteiger partial charge in [0.05, 0.1) is 30.2 Å². The zero-order chi connectivity index (χ0) is 25.6. The van der Waals surface area contributed by atoms with Crippen molar-refractivity contribution in [3.8, 4) is 23.2 Å². The van der Waals surface area contributed by atoms with Crippen LogP contribution >= 0.6 is 0 Å². The number of piperidine rings is 1. The Labute approximate surface area is 212 Å². The Morgan fingerprint density at radius 1 is 1.27 bits per heavy atom. The molecule has 1 atom stereocenters. The molecule has 0 amide bonds. The maximum atomic E-state index is 13.3. The van der Waals surface area contributed by atoms with Crippen LogP contribution in [0.5, 0.6) is 5.75 Å². The van der Waals surface area contributed by atoms with Crippen molar-refractivity contribution in [2.24, 2.45) is 5.41 Å². The third-order valence-electron chi connectivity index (χ3n) is 7.74. The van der Waals surface area contributed by atoms with Crippen LogP contribution in [-0.2, 0) is 0 Å². The molecule has 2 aliphatic rings. The first-order valence-electron chi connectivity index (χ1n) is 12.5. The summed E-state index contributed by atoms with van der Waals surface area (Å²) in [5.41, 5.74) is 3.40. The molecule has 1 aliphatic heterocycles. The fraction of sp³-hybridized carbons (Fsp3) is 0.423. The van der Waals surface area contributed by atoms with Gasteiger partial charge in [-0.2, -0.15) is 10.4 Å². The number of hydrogen-bond donors (Lipinski definition) is 2. The number of halogens is 1. The Hall–Kier alpha value is -3.88. The number of pyridine rings is 2. The molecule has 1 spiro atoms. The molecule has 0 radical (unpaired) electrons. The molecular formula is C26H27FN8O2. The van der Waals surface area contributed by atoms with E-state index < -0.39 is 11.9 Å². The Balaban J connectivity index is 1.33. The van der Waals surface area contributed by atoms with E-state index in [-0.39, 0.29) is 6.61 Å². The Morgan fingerprint density at radius 2 is 2.08 bits per heavy atom. The highest BCUT2D eigenvalue weighted by atomic mass is 19.1. The number of rotatable bonds is 6. The summed E-state index contributed by atoms with van der Waals surface area (Å²) in [6.45, 7) is 3.72. The normalized spacial score (nSPS) is 18.0. The van der Waals surface area contributed by atoms with Crippen molar-refractivity contribution in [1.82, 2.24) is 34.9 Å². The average Bonchev–Trinajstić information content (AvgIpc) is 3.47. The molecule has 190 valence electrons. The number of hydrogen-bond acceptors (Lipinski definition) is 8. The summed E-state index contributed by atoms with van der Waals surface area (Å²) in [4.78, 5) is 4.03. The first-order chi connectivity index (χ1) is 18.0. The van der Waals surface area contributed by atoms with Crippen molar-refractivity contribution in [3.05, 3.63) is 59.4 Å². The maximum Gasteiger partial charge on any atom is 0.163 e. The molecule has 37 heavy (non-hydrogen) atoms. The number of aliphatic hydroxyl groups excluding tert-OH is 1. The second-order valence-corrected chi connectivity index (χ2v) is 9.97. The highest BCUT2D eigenvalue weighted by Crippen LogP contribution is 2.54. The molecule has 2 N–H and O–H groups in total. The van der Waals surface area contributed by atoms with E-state index in [1.165, 1.54) is 25.0 Å². The van der Waals surface area contributed by atoms with Gasteiger partial charge in [0.2, 0.25) is 0 Å². The fourth-order valence-corrected chi connectivity index (χ4v) is 5.74. The Bertz CT molecular complexity index is 1480. The molecule has 5 heterocycles. The molecule has 0 aromatic carbocycles. The zero-order valence-electron chi connectivity index (χ0n) is 20.4. The van der Waals surface area contributed by atoms with E-state index in [4.69, 9.17) is 4.74 Å². The third-order valence-corrected chi connectivity index (χ3v) is 7.74. The van der Waals surface area contributed by atoms with Crippen LogP contribution in [0.25, 0.3) is 16.9 Å². The van der Waals surface area contributed by atoms with E-state index in [0.717, 1.165) is 37.8 Å². The number of ether oxygens (including phenoxy) is 1. The lowest BCUT2D eigenvalue weighted by atomic mass is 9.60. The molecule has 4 aromatic rings. The molecule has 1 unspecified atom stereocenters. The Morgan fingerprint density at radius 3 is 2.78 bits per heavy atom. The van der Waals surface area contributed by atoms with Crippen LogP contribution in [0.3, 0.4) is 0 Å². The molecule has 1 saturated carbocycles. The maximum absolute atomic E-state index is 13.3. The minimum Gasteiger partial charge on any atom is -0.479 e. The summed E-state index contributed by atoms with van der Waals surface area (Å²) >= 11 is 0. The van der Waals surface area contributed by atoms with Gasteiger partial charge in [-0.15, -0.1) is 5.10 Å². The molecule has 2 fully saturated rings. The predicted octanol–water partition coefficient (Wildman–Crippen LogP) is 3.12. The van der Waals surface area contributed by atoms with Gasteiger partial charge in [-0.1, -0.05) is 5.21 Å². The van der Waals surface area contributed by atoms with Crippen molar-refractivity contribution in [2.45, 2.75) is 44.8 Å². The fourth-order valence-electron chi connectivity index (χ4n) is 5.74. The highest BCUT2D eigenvalue weighted by Gasteiger charge is 2.46. The van der Waals surface area contributed by atoms with Gasteiger partial charge in [0, 0.05) is 6.20 Å². The highest BCUT2D eigenvalue weighted by molar-refractivity contribution is 5.80. The van der Waals surface area contributed by atoms with Gasteiger partial charge in [-0.05, 0) is 75.4 Å². The van der Waals surface area contributed by atoms with Gasteiger partial charge in [-0.25, -0.2) is 13.6 Å². The quantitative estimate of drug-likeness (QED) is 0.412. The lowest BCUT2D eigenvalue weighted by Gasteiger charge is -2.50. The minimum atomic E-state index is -0.847. The van der Waals surface area contributed by atoms with Crippen LogP contribution in [0.1, 0.15) is 54.8 Å². The van der Waals surface area contributed by atoms with Gasteiger partial charge >= 0.3 is 0 Å². The predicted molar refractivity (Wildman–Crippen MR) is 131 cm³/mol. The lowest BCUT2D eigenvalue weighted by Crippen LogP contribution is -2.46. The van der Waals surface area contributed by atoms with Crippen LogP contribution in [0.15, 0.2) is 36.7 Å².